The van der Waals surface area contributed by atoms with Crippen LogP contribution in [-0.2, 0) is 44.9 Å². The Morgan fingerprint density at radius 3 is 1.89 bits per heavy atom. The van der Waals surface area contributed by atoms with Gasteiger partial charge in [0.15, 0.2) is 17.1 Å². The molecule has 1 aromatic carbocycles. The molecular weight excluding hydrogens is 885 g/mol. The Morgan fingerprint density at radius 2 is 1.32 bits per heavy atom. The third kappa shape index (κ3) is 16.9. The number of nitrogens with one attached hydrogen (secondary N) is 9. The molecule has 2 aromatic heterocycles. The molecule has 0 spiro atoms. The molecule has 29 heteroatoms. The van der Waals surface area contributed by atoms with Crippen LogP contribution in [0.15, 0.2) is 35.3 Å². The van der Waals surface area contributed by atoms with Crippen LogP contribution in [0, 0.1) is 5.41 Å². The lowest BCUT2D eigenvalue weighted by Crippen LogP contribution is -2.58. The Hall–Kier alpha value is -8.11. The predicted molar refractivity (Wildman–Crippen MR) is 227 cm³/mol. The first-order valence-electron chi connectivity index (χ1n) is 19.1. The topological polar surface area (TPSA) is 466 Å². The maximum absolute atomic E-state index is 13.4. The third-order valence-electron chi connectivity index (χ3n) is 8.83. The number of nitrogens with two attached hydrogens (primary N) is 2. The first kappa shape index (κ1) is 51.2. The summed E-state index contributed by atoms with van der Waals surface area (Å²) in [5.74, 6) is -12.7. The highest BCUT2D eigenvalue weighted by atomic mass is 32.1. The van der Waals surface area contributed by atoms with E-state index in [-0.39, 0.29) is 48.6 Å². The van der Waals surface area contributed by atoms with Crippen LogP contribution in [0.5, 0.6) is 0 Å². The largest absolute Gasteiger partial charge is 0.481 e. The smallest absolute Gasteiger partial charge is 0.327 e. The van der Waals surface area contributed by atoms with E-state index in [4.69, 9.17) is 16.9 Å². The van der Waals surface area contributed by atoms with Gasteiger partial charge in [0, 0.05) is 30.0 Å². The number of nitrogen functional groups attached to an aromatic ring is 1. The van der Waals surface area contributed by atoms with Gasteiger partial charge in [-0.1, -0.05) is 0 Å². The zero-order valence-electron chi connectivity index (χ0n) is 34.0. The van der Waals surface area contributed by atoms with E-state index in [0.717, 1.165) is 0 Å². The fourth-order valence-corrected chi connectivity index (χ4v) is 5.84. The molecule has 5 atom stereocenters. The number of thiol groups is 1. The number of nitrogens with zero attached hydrogens (tertiary/aromatic N) is 3. The SMILES string of the molecule is N=C(N)NCCC[C@H](NC(=O)[C@H](CC(=O)O)NC(=O)CC[C@H](NC(=O)c1ccc(NCc2cnc3nc(N)[nH]c(=O)c3n2)cc1)C(=O)O)C(=O)N[C@@H](CC(=O)O)C(=O)N[C@@H](CS)C(=O)O. The molecule has 28 nitrogen and oxygen atoms in total. The number of H-pyrrole nitrogens is 1. The van der Waals surface area contributed by atoms with Crippen molar-refractivity contribution in [1.82, 2.24) is 51.8 Å². The maximum Gasteiger partial charge on any atom is 0.327 e. The molecule has 65 heavy (non-hydrogen) atoms. The molecule has 0 radical (unpaired) electrons. The quantitative estimate of drug-likeness (QED) is 0.0158. The summed E-state index contributed by atoms with van der Waals surface area (Å²) < 4.78 is 0. The summed E-state index contributed by atoms with van der Waals surface area (Å²) in [6.45, 7) is 0.0783. The van der Waals surface area contributed by atoms with E-state index in [9.17, 15) is 68.4 Å². The summed E-state index contributed by atoms with van der Waals surface area (Å²) >= 11 is 3.82. The van der Waals surface area contributed by atoms with Crippen LogP contribution in [0.25, 0.3) is 11.2 Å². The van der Waals surface area contributed by atoms with E-state index in [1.807, 2.05) is 5.32 Å². The van der Waals surface area contributed by atoms with Crippen LogP contribution in [0.1, 0.15) is 54.6 Å². The first-order chi connectivity index (χ1) is 30.7. The van der Waals surface area contributed by atoms with Gasteiger partial charge in [-0.2, -0.15) is 17.6 Å². The second-order valence-corrected chi connectivity index (χ2v) is 14.2. The van der Waals surface area contributed by atoms with Crippen molar-refractivity contribution in [3.05, 3.63) is 52.1 Å². The number of hydrogen-bond acceptors (Lipinski definition) is 17. The predicted octanol–water partition coefficient (Wildman–Crippen LogP) is -3.96. The second kappa shape index (κ2) is 24.5. The zero-order valence-corrected chi connectivity index (χ0v) is 34.8. The fraction of sp³-hybridized carbons (Fsp3) is 0.389. The monoisotopic (exact) mass is 930 g/mol. The highest BCUT2D eigenvalue weighted by Crippen LogP contribution is 2.13. The normalized spacial score (nSPS) is 13.1. The number of carbonyl (C=O) groups excluding carboxylic acids is 5. The maximum atomic E-state index is 13.4. The number of aliphatic carboxylic acids is 4. The van der Waals surface area contributed by atoms with Crippen molar-refractivity contribution >= 4 is 94.8 Å². The van der Waals surface area contributed by atoms with Gasteiger partial charge in [-0.3, -0.25) is 48.7 Å². The van der Waals surface area contributed by atoms with Gasteiger partial charge in [0.05, 0.1) is 31.3 Å². The Morgan fingerprint density at radius 1 is 0.754 bits per heavy atom. The minimum atomic E-state index is -1.88. The molecule has 17 N–H and O–H groups in total. The number of carbonyl (C=O) groups is 9. The Bertz CT molecular complexity index is 2350. The summed E-state index contributed by atoms with van der Waals surface area (Å²) in [6.07, 6.45) is -2.19. The van der Waals surface area contributed by atoms with Crippen molar-refractivity contribution < 1.29 is 63.6 Å². The lowest BCUT2D eigenvalue weighted by Gasteiger charge is -2.25. The molecule has 350 valence electrons. The number of fused-ring (bicyclic) bond motifs is 1. The molecule has 0 fully saturated rings. The summed E-state index contributed by atoms with van der Waals surface area (Å²) in [6, 6.07) is -2.88. The molecule has 0 aliphatic heterocycles. The fourth-order valence-electron chi connectivity index (χ4n) is 5.60. The van der Waals surface area contributed by atoms with E-state index in [1.54, 1.807) is 0 Å². The number of guanidine groups is 1. The van der Waals surface area contributed by atoms with Gasteiger partial charge in [0.1, 0.15) is 30.2 Å². The van der Waals surface area contributed by atoms with E-state index in [1.165, 1.54) is 30.5 Å². The van der Waals surface area contributed by atoms with Crippen molar-refractivity contribution in [1.29, 1.82) is 5.41 Å². The van der Waals surface area contributed by atoms with Gasteiger partial charge >= 0.3 is 23.9 Å². The molecule has 5 amide bonds. The van der Waals surface area contributed by atoms with Gasteiger partial charge in [0.2, 0.25) is 29.6 Å². The minimum absolute atomic E-state index is 0.00528. The van der Waals surface area contributed by atoms with Crippen LogP contribution in [0.4, 0.5) is 11.6 Å². The molecule has 3 aromatic rings. The van der Waals surface area contributed by atoms with Crippen LogP contribution < -0.4 is 54.2 Å². The standard InChI is InChI=1S/C36H46N14O14S/c37-35(38)40-9-1-2-18(29(57)47-21(11-25(54)55)31(59)48-22(14-65)34(63)64)45-30(58)20(10-24(52)53)44-23(51)8-7-19(33(61)62)46-28(56)15-3-5-16(6-4-15)41-12-17-13-42-27-26(43-17)32(60)50-36(39)49-27/h3-6,13,18-22,41,65H,1-2,7-12,14H2,(H,44,51)(H,45,58)(H,46,56)(H,47,57)(H,48,59)(H,52,53)(H,54,55)(H,61,62)(H,63,64)(H4,37,38,40)(H3,39,42,49,50,60)/t18-,19-,20-,21-,22-/m0/s1. The molecule has 0 aliphatic carbocycles. The number of aromatic nitrogens is 4. The van der Waals surface area contributed by atoms with E-state index in [0.29, 0.717) is 11.4 Å². The van der Waals surface area contributed by atoms with Crippen molar-refractivity contribution in [3.8, 4) is 0 Å². The molecule has 0 saturated carbocycles. The van der Waals surface area contributed by atoms with Crippen LogP contribution in [0.2, 0.25) is 0 Å². The van der Waals surface area contributed by atoms with Gasteiger partial charge < -0.3 is 69.1 Å². The molecule has 3 rings (SSSR count). The molecule has 0 unspecified atom stereocenters. The van der Waals surface area contributed by atoms with E-state index < -0.39 is 127 Å². The second-order valence-electron chi connectivity index (χ2n) is 13.8. The lowest BCUT2D eigenvalue weighted by molar-refractivity contribution is -0.143. The summed E-state index contributed by atoms with van der Waals surface area (Å²) in [7, 11) is 0. The summed E-state index contributed by atoms with van der Waals surface area (Å²) in [5.41, 5.74) is 11.1. The van der Waals surface area contributed by atoms with Crippen molar-refractivity contribution in [2.75, 3.05) is 23.3 Å². The van der Waals surface area contributed by atoms with E-state index >= 15 is 0 Å². The van der Waals surface area contributed by atoms with Crippen LogP contribution in [-0.4, -0.2) is 142 Å². The minimum Gasteiger partial charge on any atom is -0.481 e. The molecular formula is C36H46N14O14S. The average molecular weight is 931 g/mol. The van der Waals surface area contributed by atoms with Crippen molar-refractivity contribution in [2.24, 2.45) is 5.73 Å². The number of hydrogen-bond donors (Lipinski definition) is 16. The third-order valence-corrected chi connectivity index (χ3v) is 9.19. The highest BCUT2D eigenvalue weighted by Gasteiger charge is 2.33. The summed E-state index contributed by atoms with van der Waals surface area (Å²) in [5, 5.41) is 61.5. The number of anilines is 2. The van der Waals surface area contributed by atoms with Crippen molar-refractivity contribution in [2.45, 2.75) is 75.3 Å². The number of carboxylic acid groups (broad SMARTS) is 4. The number of amides is 5. The lowest BCUT2D eigenvalue weighted by atomic mass is 10.1. The van der Waals surface area contributed by atoms with Crippen LogP contribution in [0.3, 0.4) is 0 Å². The number of benzene rings is 1. The van der Waals surface area contributed by atoms with E-state index in [2.05, 4.69) is 64.5 Å². The Balaban J connectivity index is 1.65. The van der Waals surface area contributed by atoms with Crippen LogP contribution >= 0.6 is 12.6 Å². The zero-order chi connectivity index (χ0) is 48.4. The Labute approximate surface area is 371 Å². The van der Waals surface area contributed by atoms with Gasteiger partial charge in [0.25, 0.3) is 11.5 Å². The number of carboxylic acids is 4. The molecule has 0 aliphatic rings. The number of rotatable bonds is 26. The van der Waals surface area contributed by atoms with Gasteiger partial charge in [-0.15, -0.1) is 0 Å². The molecule has 0 saturated heterocycles. The number of aromatic amines is 1. The van der Waals surface area contributed by atoms with Gasteiger partial charge in [-0.25, -0.2) is 19.6 Å². The summed E-state index contributed by atoms with van der Waals surface area (Å²) in [4.78, 5) is 139. The molecule has 0 bridgehead atoms. The molecule has 2 heterocycles. The van der Waals surface area contributed by atoms with Gasteiger partial charge in [-0.05, 0) is 43.5 Å². The van der Waals surface area contributed by atoms with Crippen molar-refractivity contribution in [3.63, 3.8) is 0 Å². The highest BCUT2D eigenvalue weighted by molar-refractivity contribution is 7.80. The Kier molecular flexibility index (Phi) is 19.3. The average Bonchev–Trinajstić information content (AvgIpc) is 3.23. The first-order valence-corrected chi connectivity index (χ1v) is 19.7.